The number of aliphatic hydroxyl groups is 2. The Morgan fingerprint density at radius 3 is 2.55 bits per heavy atom. The fourth-order valence-corrected chi connectivity index (χ4v) is 3.79. The molecule has 0 aliphatic carbocycles. The van der Waals surface area contributed by atoms with Gasteiger partial charge in [0.1, 0.15) is 17.7 Å². The van der Waals surface area contributed by atoms with Crippen LogP contribution in [0.25, 0.3) is 11.0 Å². The summed E-state index contributed by atoms with van der Waals surface area (Å²) in [5, 5.41) is 22.6. The van der Waals surface area contributed by atoms with E-state index in [1.54, 1.807) is 6.92 Å². The molecule has 0 unspecified atom stereocenters. The second-order valence-electron chi connectivity index (χ2n) is 8.70. The summed E-state index contributed by atoms with van der Waals surface area (Å²) in [4.78, 5) is 38.1. The minimum absolute atomic E-state index is 0.126. The van der Waals surface area contributed by atoms with Crippen LogP contribution in [0, 0.1) is 0 Å². The Bertz CT molecular complexity index is 1480. The summed E-state index contributed by atoms with van der Waals surface area (Å²) in [6.07, 6.45) is 1.71. The summed E-state index contributed by atoms with van der Waals surface area (Å²) in [5.74, 6) is -1.46. The zero-order valence-electron chi connectivity index (χ0n) is 19.9. The topological polar surface area (TPSA) is 139 Å². The first-order valence-electron chi connectivity index (χ1n) is 11.2. The number of nitrogens with one attached hydrogen (secondary N) is 1. The molecule has 0 spiro atoms. The van der Waals surface area contributed by atoms with Crippen molar-refractivity contribution in [1.82, 2.24) is 19.5 Å². The lowest BCUT2D eigenvalue weighted by Crippen LogP contribution is -2.37. The Kier molecular flexibility index (Phi) is 7.41. The smallest absolute Gasteiger partial charge is 0.406 e. The highest BCUT2D eigenvalue weighted by molar-refractivity contribution is 6.16. The van der Waals surface area contributed by atoms with E-state index in [1.165, 1.54) is 53.9 Å². The number of hydrogen-bond donors (Lipinski definition) is 3. The van der Waals surface area contributed by atoms with Crippen LogP contribution in [0.1, 0.15) is 28.4 Å². The lowest BCUT2D eigenvalue weighted by Gasteiger charge is -2.27. The fraction of sp³-hybridized carbons (Fsp3) is 0.240. The Hall–Kier alpha value is -4.36. The number of aliphatic hydroxyl groups excluding tert-OH is 2. The number of carbonyl (C=O) groups excluding carboxylic acids is 2. The lowest BCUT2D eigenvalue weighted by molar-refractivity contribution is -0.274. The van der Waals surface area contributed by atoms with Crippen molar-refractivity contribution in [3.63, 3.8) is 0 Å². The van der Waals surface area contributed by atoms with Crippen LogP contribution in [0.3, 0.4) is 0 Å². The number of rotatable bonds is 9. The molecule has 0 aliphatic heterocycles. The van der Waals surface area contributed by atoms with Crippen LogP contribution in [0.4, 0.5) is 18.9 Å². The van der Waals surface area contributed by atoms with Gasteiger partial charge in [-0.1, -0.05) is 12.1 Å². The number of carbonyl (C=O) groups is 2. The van der Waals surface area contributed by atoms with Crippen LogP contribution in [0.5, 0.6) is 5.75 Å². The molecular weight excluding hydrogens is 507 g/mol. The van der Waals surface area contributed by atoms with Crippen LogP contribution >= 0.6 is 0 Å². The van der Waals surface area contributed by atoms with Gasteiger partial charge in [0.05, 0.1) is 42.6 Å². The number of hydrogen-bond acceptors (Lipinski definition) is 8. The molecule has 0 radical (unpaired) electrons. The number of halogens is 3. The van der Waals surface area contributed by atoms with Gasteiger partial charge >= 0.3 is 6.36 Å². The molecular formula is C25H22F3N5O5. The van der Waals surface area contributed by atoms with Gasteiger partial charge < -0.3 is 24.8 Å². The standard InChI is InChI=1S/C25H22F3N5O5/c1-24(12-34,13-35)33-11-20(19-10-30-14-31-23(19)33)22(37)16-7-17(9-29-8-16)32-21(36)6-15-3-2-4-18(5-15)38-25(26,27)28/h2-5,7-11,14,34-35H,6,12-13H2,1H3,(H,32,36). The van der Waals surface area contributed by atoms with Crippen LogP contribution in [0.15, 0.2) is 61.4 Å². The van der Waals surface area contributed by atoms with E-state index in [-0.39, 0.29) is 28.8 Å². The average Bonchev–Trinajstić information content (AvgIpc) is 3.27. The molecule has 3 N–H and O–H groups in total. The molecule has 4 aromatic rings. The molecule has 0 fully saturated rings. The van der Waals surface area contributed by atoms with Crippen molar-refractivity contribution < 1.29 is 37.7 Å². The molecule has 1 aromatic carbocycles. The maximum absolute atomic E-state index is 13.4. The summed E-state index contributed by atoms with van der Waals surface area (Å²) in [6, 6.07) is 6.45. The highest BCUT2D eigenvalue weighted by atomic mass is 19.4. The van der Waals surface area contributed by atoms with Crippen molar-refractivity contribution in [3.05, 3.63) is 78.1 Å². The van der Waals surface area contributed by atoms with Crippen molar-refractivity contribution >= 4 is 28.4 Å². The molecule has 0 saturated carbocycles. The molecule has 0 aliphatic rings. The summed E-state index contributed by atoms with van der Waals surface area (Å²) >= 11 is 0. The van der Waals surface area contributed by atoms with Gasteiger partial charge in [-0.25, -0.2) is 9.97 Å². The van der Waals surface area contributed by atoms with E-state index in [0.717, 1.165) is 12.1 Å². The third-order valence-electron chi connectivity index (χ3n) is 5.76. The van der Waals surface area contributed by atoms with Crippen molar-refractivity contribution in [3.8, 4) is 5.75 Å². The van der Waals surface area contributed by atoms with E-state index < -0.39 is 42.6 Å². The lowest BCUT2D eigenvalue weighted by atomic mass is 10.0. The van der Waals surface area contributed by atoms with Gasteiger partial charge in [-0.05, 0) is 30.7 Å². The minimum atomic E-state index is -4.85. The molecule has 198 valence electrons. The SMILES string of the molecule is CC(CO)(CO)n1cc(C(=O)c2cncc(NC(=O)Cc3cccc(OC(F)(F)F)c3)c2)c2cncnc21. The van der Waals surface area contributed by atoms with Gasteiger partial charge in [-0.3, -0.25) is 14.6 Å². The quantitative estimate of drug-likeness (QED) is 0.281. The van der Waals surface area contributed by atoms with Gasteiger partial charge in [0.15, 0.2) is 5.78 Å². The van der Waals surface area contributed by atoms with Gasteiger partial charge in [0, 0.05) is 29.5 Å². The fourth-order valence-electron chi connectivity index (χ4n) is 3.79. The Balaban J connectivity index is 1.55. The molecule has 10 nitrogen and oxygen atoms in total. The Morgan fingerprint density at radius 2 is 1.84 bits per heavy atom. The molecule has 13 heteroatoms. The normalized spacial score (nSPS) is 11.9. The minimum Gasteiger partial charge on any atom is -0.406 e. The average molecular weight is 529 g/mol. The molecule has 0 atom stereocenters. The largest absolute Gasteiger partial charge is 0.573 e. The summed E-state index contributed by atoms with van der Waals surface area (Å²) < 4.78 is 42.8. The number of fused-ring (bicyclic) bond motifs is 1. The number of ketones is 1. The van der Waals surface area contributed by atoms with Gasteiger partial charge in [0.2, 0.25) is 5.91 Å². The maximum Gasteiger partial charge on any atom is 0.573 e. The first-order valence-corrected chi connectivity index (χ1v) is 11.2. The number of aromatic nitrogens is 4. The van der Waals surface area contributed by atoms with Crippen LogP contribution in [-0.2, 0) is 16.8 Å². The number of nitrogens with zero attached hydrogens (tertiary/aromatic N) is 4. The zero-order valence-corrected chi connectivity index (χ0v) is 19.9. The highest BCUT2D eigenvalue weighted by Gasteiger charge is 2.31. The molecule has 0 bridgehead atoms. The molecule has 1 amide bonds. The first-order chi connectivity index (χ1) is 18.0. The molecule has 3 aromatic heterocycles. The molecule has 4 rings (SSSR count). The summed E-state index contributed by atoms with van der Waals surface area (Å²) in [5.41, 5.74) is -0.00141. The van der Waals surface area contributed by atoms with Crippen molar-refractivity contribution in [2.24, 2.45) is 0 Å². The van der Waals surface area contributed by atoms with E-state index >= 15 is 0 Å². The van der Waals surface area contributed by atoms with E-state index in [2.05, 4.69) is 25.0 Å². The van der Waals surface area contributed by atoms with E-state index in [0.29, 0.717) is 11.0 Å². The van der Waals surface area contributed by atoms with E-state index in [1.807, 2.05) is 0 Å². The van der Waals surface area contributed by atoms with E-state index in [9.17, 15) is 33.0 Å². The summed E-state index contributed by atoms with van der Waals surface area (Å²) in [6.45, 7) is 0.768. The number of anilines is 1. The van der Waals surface area contributed by atoms with Crippen LogP contribution < -0.4 is 10.1 Å². The monoisotopic (exact) mass is 529 g/mol. The predicted octanol–water partition coefficient (Wildman–Crippen LogP) is 2.84. The Morgan fingerprint density at radius 1 is 1.08 bits per heavy atom. The highest BCUT2D eigenvalue weighted by Crippen LogP contribution is 2.28. The van der Waals surface area contributed by atoms with Crippen molar-refractivity contribution in [2.45, 2.75) is 25.2 Å². The van der Waals surface area contributed by atoms with Gasteiger partial charge in [-0.15, -0.1) is 13.2 Å². The maximum atomic E-state index is 13.4. The van der Waals surface area contributed by atoms with Crippen molar-refractivity contribution in [2.75, 3.05) is 18.5 Å². The summed E-state index contributed by atoms with van der Waals surface area (Å²) in [7, 11) is 0. The second-order valence-corrected chi connectivity index (χ2v) is 8.70. The van der Waals surface area contributed by atoms with Crippen molar-refractivity contribution in [1.29, 1.82) is 0 Å². The number of alkyl halides is 3. The number of pyridine rings is 1. The molecule has 3 heterocycles. The van der Waals surface area contributed by atoms with Gasteiger partial charge in [0.25, 0.3) is 0 Å². The zero-order chi connectivity index (χ0) is 27.5. The number of ether oxygens (including phenoxy) is 1. The second kappa shape index (κ2) is 10.6. The third-order valence-corrected chi connectivity index (χ3v) is 5.76. The predicted molar refractivity (Wildman–Crippen MR) is 128 cm³/mol. The van der Waals surface area contributed by atoms with Crippen LogP contribution in [-0.4, -0.2) is 61.0 Å². The third kappa shape index (κ3) is 5.79. The Labute approximate surface area is 213 Å². The van der Waals surface area contributed by atoms with E-state index in [4.69, 9.17) is 0 Å². The van der Waals surface area contributed by atoms with Crippen LogP contribution in [0.2, 0.25) is 0 Å². The molecule has 0 saturated heterocycles. The molecule has 38 heavy (non-hydrogen) atoms. The first kappa shape index (κ1) is 26.7. The number of amides is 1. The number of benzene rings is 1. The van der Waals surface area contributed by atoms with Gasteiger partial charge in [-0.2, -0.15) is 0 Å².